The third kappa shape index (κ3) is 3.35. The van der Waals surface area contributed by atoms with Gasteiger partial charge in [0.1, 0.15) is 5.82 Å². The molecule has 2 heterocycles. The van der Waals surface area contributed by atoms with Crippen LogP contribution in [0.5, 0.6) is 0 Å². The molecule has 0 saturated carbocycles. The Labute approximate surface area is 112 Å². The fraction of sp³-hybridized carbons (Fsp3) is 0.538. The third-order valence-electron chi connectivity index (χ3n) is 3.50. The molecule has 6 heteroatoms. The number of nitrogens with zero attached hydrogens (tertiary/aromatic N) is 1. The normalized spacial score (nSPS) is 17.9. The van der Waals surface area contributed by atoms with Crippen molar-refractivity contribution in [3.63, 3.8) is 0 Å². The van der Waals surface area contributed by atoms with Crippen molar-refractivity contribution in [1.82, 2.24) is 4.98 Å². The largest absolute Gasteiger partial charge is 0.478 e. The minimum atomic E-state index is -1.02. The maximum atomic E-state index is 10.8. The van der Waals surface area contributed by atoms with Crippen molar-refractivity contribution in [2.75, 3.05) is 24.3 Å². The van der Waals surface area contributed by atoms with E-state index in [-0.39, 0.29) is 11.6 Å². The third-order valence-corrected chi connectivity index (χ3v) is 3.50. The number of carboxylic acid groups (broad SMARTS) is 1. The summed E-state index contributed by atoms with van der Waals surface area (Å²) in [6, 6.07) is 1.66. The Hall–Kier alpha value is -1.82. The molecule has 0 radical (unpaired) electrons. The number of nitrogens with one attached hydrogen (secondary N) is 1. The summed E-state index contributed by atoms with van der Waals surface area (Å²) in [7, 11) is 0. The summed E-state index contributed by atoms with van der Waals surface area (Å²) in [6.07, 6.45) is 3.35. The predicted octanol–water partition coefficient (Wildman–Crippen LogP) is 1.59. The topological polar surface area (TPSA) is 97.5 Å². The molecule has 0 bridgehead atoms. The zero-order valence-electron chi connectivity index (χ0n) is 10.9. The molecule has 104 valence electrons. The monoisotopic (exact) mass is 265 g/mol. The average Bonchev–Trinajstić information content (AvgIpc) is 2.41. The molecule has 2 rings (SSSR count). The number of nitrogen functional groups attached to an aromatic ring is 1. The molecule has 1 aliphatic heterocycles. The van der Waals surface area contributed by atoms with Crippen LogP contribution in [0.4, 0.5) is 11.5 Å². The molecular weight excluding hydrogens is 246 g/mol. The number of nitrogens with two attached hydrogens (primary N) is 1. The Morgan fingerprint density at radius 3 is 2.84 bits per heavy atom. The molecule has 1 atom stereocenters. The van der Waals surface area contributed by atoms with Crippen LogP contribution in [-0.2, 0) is 4.74 Å². The number of hydrogen-bond acceptors (Lipinski definition) is 5. The summed E-state index contributed by atoms with van der Waals surface area (Å²) in [5.74, 6) is 0.0429. The molecular formula is C13H19N3O3. The van der Waals surface area contributed by atoms with Crippen LogP contribution in [0, 0.1) is 5.92 Å². The van der Waals surface area contributed by atoms with Gasteiger partial charge in [0.15, 0.2) is 0 Å². The first-order valence-electron chi connectivity index (χ1n) is 6.41. The smallest absolute Gasteiger partial charge is 0.337 e. The molecule has 1 saturated heterocycles. The number of hydrogen-bond donors (Lipinski definition) is 3. The molecule has 19 heavy (non-hydrogen) atoms. The number of ether oxygens (including phenoxy) is 1. The summed E-state index contributed by atoms with van der Waals surface area (Å²) in [4.78, 5) is 14.9. The summed E-state index contributed by atoms with van der Waals surface area (Å²) >= 11 is 0. The van der Waals surface area contributed by atoms with E-state index < -0.39 is 5.97 Å². The van der Waals surface area contributed by atoms with Crippen LogP contribution in [-0.4, -0.2) is 35.3 Å². The van der Waals surface area contributed by atoms with Gasteiger partial charge in [-0.1, -0.05) is 0 Å². The second-order valence-electron chi connectivity index (χ2n) is 4.85. The highest BCUT2D eigenvalue weighted by molar-refractivity contribution is 5.89. The fourth-order valence-electron chi connectivity index (χ4n) is 2.27. The highest BCUT2D eigenvalue weighted by Gasteiger charge is 2.21. The van der Waals surface area contributed by atoms with Crippen molar-refractivity contribution in [2.45, 2.75) is 25.8 Å². The lowest BCUT2D eigenvalue weighted by Gasteiger charge is -2.29. The molecule has 1 unspecified atom stereocenters. The van der Waals surface area contributed by atoms with Gasteiger partial charge in [-0.05, 0) is 31.7 Å². The van der Waals surface area contributed by atoms with Crippen molar-refractivity contribution in [1.29, 1.82) is 0 Å². The van der Waals surface area contributed by atoms with Crippen LogP contribution in [0.2, 0.25) is 0 Å². The van der Waals surface area contributed by atoms with Gasteiger partial charge >= 0.3 is 5.97 Å². The van der Waals surface area contributed by atoms with E-state index in [1.807, 2.05) is 0 Å². The summed E-state index contributed by atoms with van der Waals surface area (Å²) in [5, 5.41) is 12.1. The Bertz CT molecular complexity index is 458. The second kappa shape index (κ2) is 5.88. The van der Waals surface area contributed by atoms with Gasteiger partial charge in [0, 0.05) is 25.5 Å². The van der Waals surface area contributed by atoms with E-state index in [1.165, 1.54) is 12.3 Å². The van der Waals surface area contributed by atoms with Crippen LogP contribution >= 0.6 is 0 Å². The minimum Gasteiger partial charge on any atom is -0.478 e. The number of aromatic nitrogens is 1. The average molecular weight is 265 g/mol. The lowest BCUT2D eigenvalue weighted by Crippen LogP contribution is -2.31. The van der Waals surface area contributed by atoms with Gasteiger partial charge in [-0.2, -0.15) is 0 Å². The quantitative estimate of drug-likeness (QED) is 0.764. The van der Waals surface area contributed by atoms with Gasteiger partial charge in [-0.15, -0.1) is 0 Å². The van der Waals surface area contributed by atoms with Gasteiger partial charge in [0.2, 0.25) is 0 Å². The van der Waals surface area contributed by atoms with Gasteiger partial charge in [-0.25, -0.2) is 9.78 Å². The molecule has 0 aliphatic carbocycles. The van der Waals surface area contributed by atoms with Crippen molar-refractivity contribution in [3.05, 3.63) is 17.8 Å². The summed E-state index contributed by atoms with van der Waals surface area (Å²) in [6.45, 7) is 3.66. The summed E-state index contributed by atoms with van der Waals surface area (Å²) < 4.78 is 5.33. The number of pyridine rings is 1. The van der Waals surface area contributed by atoms with Crippen LogP contribution < -0.4 is 11.1 Å². The number of rotatable bonds is 4. The maximum Gasteiger partial charge on any atom is 0.337 e. The van der Waals surface area contributed by atoms with E-state index >= 15 is 0 Å². The van der Waals surface area contributed by atoms with E-state index in [9.17, 15) is 4.79 Å². The molecule has 1 aromatic heterocycles. The second-order valence-corrected chi connectivity index (χ2v) is 4.85. The van der Waals surface area contributed by atoms with Gasteiger partial charge in [-0.3, -0.25) is 0 Å². The standard InChI is InChI=1S/C13H19N3O3/c1-8(9-2-4-19-5-3-9)16-12-11(14)6-10(7-15-12)13(17)18/h6-9H,2-5,14H2,1H3,(H,15,16)(H,17,18). The van der Waals surface area contributed by atoms with Crippen molar-refractivity contribution >= 4 is 17.5 Å². The SMILES string of the molecule is CC(Nc1ncc(C(=O)O)cc1N)C1CCOCC1. The van der Waals surface area contributed by atoms with Crippen LogP contribution in [0.3, 0.4) is 0 Å². The van der Waals surface area contributed by atoms with E-state index in [2.05, 4.69) is 17.2 Å². The fourth-order valence-corrected chi connectivity index (χ4v) is 2.27. The van der Waals surface area contributed by atoms with Crippen molar-refractivity contribution in [3.8, 4) is 0 Å². The van der Waals surface area contributed by atoms with E-state index in [0.717, 1.165) is 26.1 Å². The Morgan fingerprint density at radius 2 is 2.26 bits per heavy atom. The Kier molecular flexibility index (Phi) is 4.21. The number of carboxylic acids is 1. The minimum absolute atomic E-state index is 0.0989. The van der Waals surface area contributed by atoms with Gasteiger partial charge in [0.25, 0.3) is 0 Å². The lowest BCUT2D eigenvalue weighted by atomic mass is 9.93. The highest BCUT2D eigenvalue weighted by atomic mass is 16.5. The van der Waals surface area contributed by atoms with E-state index in [1.54, 1.807) is 0 Å². The van der Waals surface area contributed by atoms with E-state index in [0.29, 0.717) is 17.4 Å². The van der Waals surface area contributed by atoms with Crippen LogP contribution in [0.1, 0.15) is 30.1 Å². The van der Waals surface area contributed by atoms with Crippen LogP contribution in [0.15, 0.2) is 12.3 Å². The maximum absolute atomic E-state index is 10.8. The lowest BCUT2D eigenvalue weighted by molar-refractivity contribution is 0.0622. The first-order valence-corrected chi connectivity index (χ1v) is 6.41. The zero-order valence-corrected chi connectivity index (χ0v) is 10.9. The van der Waals surface area contributed by atoms with Crippen molar-refractivity contribution < 1.29 is 14.6 Å². The number of aromatic carboxylic acids is 1. The van der Waals surface area contributed by atoms with Gasteiger partial charge < -0.3 is 20.9 Å². The molecule has 0 spiro atoms. The molecule has 1 aliphatic rings. The van der Waals surface area contributed by atoms with Gasteiger partial charge in [0.05, 0.1) is 11.3 Å². The Balaban J connectivity index is 2.03. The molecule has 6 nitrogen and oxygen atoms in total. The molecule has 0 aromatic carbocycles. The number of carbonyl (C=O) groups is 1. The van der Waals surface area contributed by atoms with Crippen molar-refractivity contribution in [2.24, 2.45) is 5.92 Å². The molecule has 1 aromatic rings. The van der Waals surface area contributed by atoms with E-state index in [4.69, 9.17) is 15.6 Å². The first kappa shape index (κ1) is 13.6. The Morgan fingerprint density at radius 1 is 1.58 bits per heavy atom. The molecule has 1 fully saturated rings. The molecule has 4 N–H and O–H groups in total. The molecule has 0 amide bonds. The highest BCUT2D eigenvalue weighted by Crippen LogP contribution is 2.24. The predicted molar refractivity (Wildman–Crippen MR) is 72.2 cm³/mol. The zero-order chi connectivity index (χ0) is 13.8. The first-order chi connectivity index (χ1) is 9.08. The summed E-state index contributed by atoms with van der Waals surface area (Å²) in [5.41, 5.74) is 6.28. The van der Waals surface area contributed by atoms with Crippen LogP contribution in [0.25, 0.3) is 0 Å². The number of anilines is 2.